The molecule has 30 heavy (non-hydrogen) atoms. The lowest BCUT2D eigenvalue weighted by molar-refractivity contribution is -0.112. The number of fused-ring (bicyclic) bond motifs is 1. The van der Waals surface area contributed by atoms with E-state index in [0.29, 0.717) is 17.3 Å². The van der Waals surface area contributed by atoms with Crippen LogP contribution in [-0.4, -0.2) is 29.9 Å². The summed E-state index contributed by atoms with van der Waals surface area (Å²) in [5.41, 5.74) is 4.08. The van der Waals surface area contributed by atoms with Crippen molar-refractivity contribution in [3.05, 3.63) is 69.3 Å². The van der Waals surface area contributed by atoms with Crippen molar-refractivity contribution in [2.24, 2.45) is 10.1 Å². The number of anilines is 1. The zero-order valence-electron chi connectivity index (χ0n) is 17.0. The van der Waals surface area contributed by atoms with Gasteiger partial charge in [0.25, 0.3) is 5.91 Å². The monoisotopic (exact) mass is 438 g/mol. The van der Waals surface area contributed by atoms with Crippen LogP contribution in [0.4, 0.5) is 5.69 Å². The van der Waals surface area contributed by atoms with Crippen molar-refractivity contribution < 1.29 is 4.79 Å². The van der Waals surface area contributed by atoms with E-state index in [1.54, 1.807) is 11.7 Å². The lowest BCUT2D eigenvalue weighted by atomic mass is 10.1. The van der Waals surface area contributed by atoms with Crippen LogP contribution in [0.2, 0.25) is 5.02 Å². The van der Waals surface area contributed by atoms with Crippen molar-refractivity contribution in [2.75, 3.05) is 18.5 Å². The SMILES string of the molecule is CCCCCN1C(=O)C(=Nn2c(-c3ccc(Cl)cc3)csc2=NC)c2ccccc21. The third-order valence-corrected chi connectivity index (χ3v) is 6.26. The first-order valence-corrected chi connectivity index (χ1v) is 11.3. The lowest BCUT2D eigenvalue weighted by Gasteiger charge is -2.16. The highest BCUT2D eigenvalue weighted by molar-refractivity contribution is 7.07. The summed E-state index contributed by atoms with van der Waals surface area (Å²) in [5, 5.41) is 7.49. The Bertz CT molecular complexity index is 1160. The fraction of sp³-hybridized carbons (Fsp3) is 0.261. The summed E-state index contributed by atoms with van der Waals surface area (Å²) < 4.78 is 1.76. The van der Waals surface area contributed by atoms with E-state index >= 15 is 0 Å². The molecule has 0 radical (unpaired) electrons. The van der Waals surface area contributed by atoms with Gasteiger partial charge in [0.05, 0.1) is 11.4 Å². The van der Waals surface area contributed by atoms with Crippen LogP contribution in [0.5, 0.6) is 0 Å². The Labute approximate surface area is 185 Å². The zero-order valence-corrected chi connectivity index (χ0v) is 18.6. The second-order valence-electron chi connectivity index (χ2n) is 7.08. The van der Waals surface area contributed by atoms with Gasteiger partial charge in [0.1, 0.15) is 0 Å². The minimum absolute atomic E-state index is 0.0601. The molecule has 2 aromatic carbocycles. The number of thiazole rings is 1. The van der Waals surface area contributed by atoms with Crippen molar-refractivity contribution in [1.29, 1.82) is 0 Å². The molecule has 0 spiro atoms. The molecule has 0 saturated carbocycles. The maximum Gasteiger partial charge on any atom is 0.279 e. The number of amides is 1. The Balaban J connectivity index is 1.81. The Hall–Kier alpha value is -2.70. The van der Waals surface area contributed by atoms with Crippen LogP contribution in [-0.2, 0) is 4.79 Å². The van der Waals surface area contributed by atoms with Crippen molar-refractivity contribution in [2.45, 2.75) is 26.2 Å². The number of rotatable bonds is 6. The highest BCUT2D eigenvalue weighted by Crippen LogP contribution is 2.30. The number of halogens is 1. The topological polar surface area (TPSA) is 50.0 Å². The second kappa shape index (κ2) is 8.98. The number of carbonyl (C=O) groups excluding carboxylic acids is 1. The van der Waals surface area contributed by atoms with E-state index in [9.17, 15) is 4.79 Å². The Morgan fingerprint density at radius 1 is 1.07 bits per heavy atom. The molecule has 1 aliphatic heterocycles. The summed E-state index contributed by atoms with van der Waals surface area (Å²) in [6.45, 7) is 2.86. The molecule has 2 heterocycles. The van der Waals surface area contributed by atoms with E-state index in [0.717, 1.165) is 46.6 Å². The molecule has 154 valence electrons. The van der Waals surface area contributed by atoms with Crippen LogP contribution in [0, 0.1) is 0 Å². The largest absolute Gasteiger partial charge is 0.306 e. The van der Waals surface area contributed by atoms with Crippen molar-refractivity contribution in [1.82, 2.24) is 4.68 Å². The summed E-state index contributed by atoms with van der Waals surface area (Å²) in [6.07, 6.45) is 3.18. The standard InChI is InChI=1S/C23H23ClN4OS/c1-3-4-7-14-27-19-9-6-5-8-18(19)21(22(27)29)26-28-20(15-30-23(28)25-2)16-10-12-17(24)13-11-16/h5-6,8-13,15H,3-4,7,14H2,1-2H3. The van der Waals surface area contributed by atoms with E-state index < -0.39 is 0 Å². The molecule has 0 atom stereocenters. The first-order chi connectivity index (χ1) is 14.6. The minimum atomic E-state index is -0.0601. The first-order valence-electron chi connectivity index (χ1n) is 10.0. The summed E-state index contributed by atoms with van der Waals surface area (Å²) in [6, 6.07) is 15.4. The van der Waals surface area contributed by atoms with Gasteiger partial charge in [0.2, 0.25) is 4.80 Å². The molecule has 0 bridgehead atoms. The molecule has 1 amide bonds. The minimum Gasteiger partial charge on any atom is -0.306 e. The van der Waals surface area contributed by atoms with Gasteiger partial charge in [0.15, 0.2) is 5.71 Å². The van der Waals surface area contributed by atoms with Gasteiger partial charge in [-0.2, -0.15) is 5.10 Å². The van der Waals surface area contributed by atoms with Gasteiger partial charge in [-0.05, 0) is 24.6 Å². The average Bonchev–Trinajstić information content (AvgIpc) is 3.29. The van der Waals surface area contributed by atoms with Gasteiger partial charge in [-0.15, -0.1) is 11.3 Å². The molecule has 0 aliphatic carbocycles. The highest BCUT2D eigenvalue weighted by atomic mass is 35.5. The number of unbranched alkanes of at least 4 members (excludes halogenated alkanes) is 2. The summed E-state index contributed by atoms with van der Waals surface area (Å²) in [7, 11) is 1.73. The second-order valence-corrected chi connectivity index (χ2v) is 8.35. The number of hydrogen-bond donors (Lipinski definition) is 0. The van der Waals surface area contributed by atoms with Crippen LogP contribution in [0.1, 0.15) is 31.7 Å². The van der Waals surface area contributed by atoms with Crippen molar-refractivity contribution in [3.8, 4) is 11.3 Å². The predicted molar refractivity (Wildman–Crippen MR) is 124 cm³/mol. The average molecular weight is 439 g/mol. The zero-order chi connectivity index (χ0) is 21.1. The van der Waals surface area contributed by atoms with E-state index in [2.05, 4.69) is 11.9 Å². The van der Waals surface area contributed by atoms with Crippen LogP contribution in [0.3, 0.4) is 0 Å². The van der Waals surface area contributed by atoms with Crippen LogP contribution in [0.25, 0.3) is 11.3 Å². The lowest BCUT2D eigenvalue weighted by Crippen LogP contribution is -2.31. The van der Waals surface area contributed by atoms with Crippen LogP contribution in [0.15, 0.2) is 64.0 Å². The Morgan fingerprint density at radius 2 is 1.83 bits per heavy atom. The molecule has 1 aliphatic rings. The fourth-order valence-electron chi connectivity index (χ4n) is 3.57. The van der Waals surface area contributed by atoms with Gasteiger partial charge < -0.3 is 4.90 Å². The fourth-order valence-corrected chi connectivity index (χ4v) is 4.49. The number of hydrogen-bond acceptors (Lipinski definition) is 4. The van der Waals surface area contributed by atoms with Crippen LogP contribution >= 0.6 is 22.9 Å². The highest BCUT2D eigenvalue weighted by Gasteiger charge is 2.33. The Kier molecular flexibility index (Phi) is 6.16. The van der Waals surface area contributed by atoms with Gasteiger partial charge in [-0.3, -0.25) is 9.79 Å². The van der Waals surface area contributed by atoms with E-state index in [1.165, 1.54) is 11.3 Å². The van der Waals surface area contributed by atoms with Gasteiger partial charge in [0, 0.05) is 35.1 Å². The molecule has 4 rings (SSSR count). The molecule has 1 aromatic heterocycles. The van der Waals surface area contributed by atoms with Gasteiger partial charge in [-0.25, -0.2) is 4.68 Å². The van der Waals surface area contributed by atoms with E-state index in [-0.39, 0.29) is 5.91 Å². The molecule has 0 saturated heterocycles. The maximum absolute atomic E-state index is 13.3. The molecule has 0 N–H and O–H groups in total. The number of carbonyl (C=O) groups is 1. The van der Waals surface area contributed by atoms with Crippen LogP contribution < -0.4 is 9.70 Å². The third-order valence-electron chi connectivity index (χ3n) is 5.10. The normalized spacial score (nSPS) is 15.3. The van der Waals surface area contributed by atoms with Gasteiger partial charge in [-0.1, -0.05) is 61.7 Å². The predicted octanol–water partition coefficient (Wildman–Crippen LogP) is 5.19. The van der Waals surface area contributed by atoms with Crippen molar-refractivity contribution in [3.63, 3.8) is 0 Å². The number of para-hydroxylation sites is 1. The molecular weight excluding hydrogens is 416 g/mol. The molecular formula is C23H23ClN4OS. The molecule has 5 nitrogen and oxygen atoms in total. The first kappa shape index (κ1) is 20.6. The van der Waals surface area contributed by atoms with Crippen molar-refractivity contribution >= 4 is 40.2 Å². The van der Waals surface area contributed by atoms with E-state index in [1.807, 2.05) is 58.8 Å². The Morgan fingerprint density at radius 3 is 2.57 bits per heavy atom. The molecule has 0 fully saturated rings. The smallest absolute Gasteiger partial charge is 0.279 e. The van der Waals surface area contributed by atoms with E-state index in [4.69, 9.17) is 16.7 Å². The third kappa shape index (κ3) is 3.85. The number of benzene rings is 2. The maximum atomic E-state index is 13.3. The summed E-state index contributed by atoms with van der Waals surface area (Å²) in [4.78, 5) is 20.2. The quantitative estimate of drug-likeness (QED) is 0.488. The molecule has 7 heteroatoms. The molecule has 0 unspecified atom stereocenters. The van der Waals surface area contributed by atoms with Gasteiger partial charge >= 0.3 is 0 Å². The number of nitrogens with zero attached hydrogens (tertiary/aromatic N) is 4. The summed E-state index contributed by atoms with van der Waals surface area (Å²) in [5.74, 6) is -0.0601. The molecule has 3 aromatic rings. The summed E-state index contributed by atoms with van der Waals surface area (Å²) >= 11 is 7.54. The number of aromatic nitrogens is 1.